The summed E-state index contributed by atoms with van der Waals surface area (Å²) in [6, 6.07) is 5.32. The Morgan fingerprint density at radius 2 is 2.40 bits per heavy atom. The first kappa shape index (κ1) is 9.09. The summed E-state index contributed by atoms with van der Waals surface area (Å²) in [6.07, 6.45) is 4.44. The second-order valence-corrected chi connectivity index (χ2v) is 5.14. The highest BCUT2D eigenvalue weighted by Crippen LogP contribution is 2.38. The number of hydrogen-bond donors (Lipinski definition) is 1. The van der Waals surface area contributed by atoms with E-state index in [-0.39, 0.29) is 5.56 Å². The lowest BCUT2D eigenvalue weighted by Gasteiger charge is -2.02. The monoisotopic (exact) mass is 220 g/mol. The van der Waals surface area contributed by atoms with Crippen molar-refractivity contribution >= 4 is 17.4 Å². The Morgan fingerprint density at radius 1 is 1.47 bits per heavy atom. The van der Waals surface area contributed by atoms with E-state index in [2.05, 4.69) is 4.98 Å². The van der Waals surface area contributed by atoms with Crippen LogP contribution in [0.25, 0.3) is 5.65 Å². The van der Waals surface area contributed by atoms with Crippen LogP contribution in [-0.2, 0) is 0 Å². The van der Waals surface area contributed by atoms with Crippen LogP contribution in [0.15, 0.2) is 29.2 Å². The van der Waals surface area contributed by atoms with Gasteiger partial charge in [0.1, 0.15) is 5.65 Å². The Morgan fingerprint density at radius 3 is 3.13 bits per heavy atom. The Bertz CT molecular complexity index is 537. The lowest BCUT2D eigenvalue weighted by molar-refractivity contribution is 0.812. The number of aromatic amines is 1. The van der Waals surface area contributed by atoms with Gasteiger partial charge in [-0.15, -0.1) is 0 Å². The van der Waals surface area contributed by atoms with Crippen molar-refractivity contribution in [3.05, 3.63) is 40.4 Å². The number of hydrogen-bond acceptors (Lipinski definition) is 2. The van der Waals surface area contributed by atoms with E-state index in [4.69, 9.17) is 0 Å². The third-order valence-electron chi connectivity index (χ3n) is 2.81. The number of nitrogens with one attached hydrogen (secondary N) is 1. The summed E-state index contributed by atoms with van der Waals surface area (Å²) >= 11 is 1.97. The minimum atomic E-state index is 0.0398. The molecule has 3 heterocycles. The van der Waals surface area contributed by atoms with E-state index in [1.54, 1.807) is 16.5 Å². The van der Waals surface area contributed by atoms with Gasteiger partial charge in [-0.05, 0) is 24.7 Å². The third-order valence-corrected chi connectivity index (χ3v) is 4.22. The molecule has 0 aliphatic carbocycles. The molecule has 15 heavy (non-hydrogen) atoms. The van der Waals surface area contributed by atoms with Crippen LogP contribution in [0.4, 0.5) is 0 Å². The van der Waals surface area contributed by atoms with Gasteiger partial charge >= 0.3 is 0 Å². The van der Waals surface area contributed by atoms with Crippen molar-refractivity contribution in [2.45, 2.75) is 18.1 Å². The smallest absolute Gasteiger partial charge is 0.256 e. The van der Waals surface area contributed by atoms with Crippen molar-refractivity contribution in [2.24, 2.45) is 0 Å². The average Bonchev–Trinajstić information content (AvgIpc) is 2.86. The molecule has 1 unspecified atom stereocenters. The second-order valence-electron chi connectivity index (χ2n) is 3.83. The van der Waals surface area contributed by atoms with Crippen LogP contribution in [0.2, 0.25) is 0 Å². The van der Waals surface area contributed by atoms with E-state index < -0.39 is 0 Å². The van der Waals surface area contributed by atoms with Gasteiger partial charge < -0.3 is 4.98 Å². The van der Waals surface area contributed by atoms with Gasteiger partial charge in [-0.1, -0.05) is 6.07 Å². The minimum absolute atomic E-state index is 0.0398. The Hall–Kier alpha value is -1.16. The summed E-state index contributed by atoms with van der Waals surface area (Å²) in [4.78, 5) is 14.9. The molecular formula is C11H12N2OS. The van der Waals surface area contributed by atoms with Crippen molar-refractivity contribution in [1.29, 1.82) is 0 Å². The zero-order chi connectivity index (χ0) is 10.3. The molecule has 0 radical (unpaired) electrons. The maximum Gasteiger partial charge on any atom is 0.256 e. The van der Waals surface area contributed by atoms with Gasteiger partial charge in [-0.25, -0.2) is 0 Å². The molecule has 2 aromatic heterocycles. The summed E-state index contributed by atoms with van der Waals surface area (Å²) in [6.45, 7) is 0. The molecule has 1 aliphatic rings. The average molecular weight is 220 g/mol. The first-order chi connectivity index (χ1) is 7.34. The SMILES string of the molecule is O=c1cccc2[nH]c(C3CCCS3)cn12. The highest BCUT2D eigenvalue weighted by Gasteiger charge is 2.19. The first-order valence-corrected chi connectivity index (χ1v) is 6.21. The van der Waals surface area contributed by atoms with Gasteiger partial charge in [0.15, 0.2) is 0 Å². The maximum atomic E-state index is 11.5. The highest BCUT2D eigenvalue weighted by molar-refractivity contribution is 7.99. The standard InChI is InChI=1S/C11H12N2OS/c14-11-5-1-4-10-12-8(7-13(10)11)9-3-2-6-15-9/h1,4-5,7,9,12H,2-3,6H2. The fourth-order valence-corrected chi connectivity index (χ4v) is 3.29. The van der Waals surface area contributed by atoms with Gasteiger partial charge in [0.05, 0.1) is 0 Å². The van der Waals surface area contributed by atoms with Crippen molar-refractivity contribution in [2.75, 3.05) is 5.75 Å². The molecule has 1 fully saturated rings. The summed E-state index contributed by atoms with van der Waals surface area (Å²) in [5.41, 5.74) is 2.11. The fraction of sp³-hybridized carbons (Fsp3) is 0.364. The molecule has 4 heteroatoms. The Balaban J connectivity index is 2.13. The van der Waals surface area contributed by atoms with Crippen LogP contribution in [0.5, 0.6) is 0 Å². The van der Waals surface area contributed by atoms with E-state index in [9.17, 15) is 4.79 Å². The molecule has 0 amide bonds. The number of imidazole rings is 1. The number of aromatic nitrogens is 2. The molecule has 2 aromatic rings. The van der Waals surface area contributed by atoms with Crippen LogP contribution in [0, 0.1) is 0 Å². The Kier molecular flexibility index (Phi) is 2.09. The van der Waals surface area contributed by atoms with Crippen LogP contribution in [0.3, 0.4) is 0 Å². The van der Waals surface area contributed by atoms with Crippen molar-refractivity contribution in [1.82, 2.24) is 9.38 Å². The molecular weight excluding hydrogens is 208 g/mol. The van der Waals surface area contributed by atoms with Crippen LogP contribution in [-0.4, -0.2) is 15.1 Å². The van der Waals surface area contributed by atoms with Gasteiger partial charge in [0.2, 0.25) is 0 Å². The van der Waals surface area contributed by atoms with E-state index in [1.807, 2.05) is 24.0 Å². The van der Waals surface area contributed by atoms with E-state index in [1.165, 1.54) is 24.3 Å². The molecule has 0 saturated carbocycles. The predicted molar refractivity (Wildman–Crippen MR) is 62.5 cm³/mol. The summed E-state index contributed by atoms with van der Waals surface area (Å²) in [5.74, 6) is 1.23. The molecule has 1 aliphatic heterocycles. The molecule has 3 rings (SSSR count). The number of H-pyrrole nitrogens is 1. The zero-order valence-corrected chi connectivity index (χ0v) is 9.09. The third kappa shape index (κ3) is 1.49. The van der Waals surface area contributed by atoms with Crippen LogP contribution >= 0.6 is 11.8 Å². The van der Waals surface area contributed by atoms with Crippen molar-refractivity contribution in [3.63, 3.8) is 0 Å². The number of nitrogens with zero attached hydrogens (tertiary/aromatic N) is 1. The molecule has 1 atom stereocenters. The predicted octanol–water partition coefficient (Wildman–Crippen LogP) is 2.20. The molecule has 0 aromatic carbocycles. The van der Waals surface area contributed by atoms with Crippen LogP contribution in [0.1, 0.15) is 23.8 Å². The van der Waals surface area contributed by atoms with E-state index >= 15 is 0 Å². The molecule has 78 valence electrons. The summed E-state index contributed by atoms with van der Waals surface area (Å²) < 4.78 is 1.69. The maximum absolute atomic E-state index is 11.5. The van der Waals surface area contributed by atoms with Gasteiger partial charge in [-0.2, -0.15) is 11.8 Å². The number of rotatable bonds is 1. The quantitative estimate of drug-likeness (QED) is 0.800. The summed E-state index contributed by atoms with van der Waals surface area (Å²) in [5, 5.41) is 0.546. The Labute approximate surface area is 91.5 Å². The lowest BCUT2D eigenvalue weighted by Crippen LogP contribution is -2.08. The highest BCUT2D eigenvalue weighted by atomic mass is 32.2. The number of fused-ring (bicyclic) bond motifs is 1. The van der Waals surface area contributed by atoms with Gasteiger partial charge in [-0.3, -0.25) is 9.20 Å². The van der Waals surface area contributed by atoms with Gasteiger partial charge in [0, 0.05) is 23.2 Å². The number of pyridine rings is 1. The van der Waals surface area contributed by atoms with Crippen molar-refractivity contribution < 1.29 is 0 Å². The normalized spacial score (nSPS) is 21.2. The molecule has 1 N–H and O–H groups in total. The van der Waals surface area contributed by atoms with Gasteiger partial charge in [0.25, 0.3) is 5.56 Å². The lowest BCUT2D eigenvalue weighted by atomic mass is 10.2. The van der Waals surface area contributed by atoms with E-state index in [0.717, 1.165) is 5.65 Å². The molecule has 3 nitrogen and oxygen atoms in total. The first-order valence-electron chi connectivity index (χ1n) is 5.16. The molecule has 0 spiro atoms. The topological polar surface area (TPSA) is 37.3 Å². The largest absolute Gasteiger partial charge is 0.343 e. The summed E-state index contributed by atoms with van der Waals surface area (Å²) in [7, 11) is 0. The molecule has 0 bridgehead atoms. The minimum Gasteiger partial charge on any atom is -0.343 e. The molecule has 1 saturated heterocycles. The number of thioether (sulfide) groups is 1. The fourth-order valence-electron chi connectivity index (χ4n) is 2.04. The van der Waals surface area contributed by atoms with Crippen molar-refractivity contribution in [3.8, 4) is 0 Å². The van der Waals surface area contributed by atoms with Crippen LogP contribution < -0.4 is 5.56 Å². The second kappa shape index (κ2) is 3.45. The zero-order valence-electron chi connectivity index (χ0n) is 8.27. The van der Waals surface area contributed by atoms with E-state index in [0.29, 0.717) is 5.25 Å².